The maximum Gasteiger partial charge on any atom is 0.233 e. The lowest BCUT2D eigenvalue weighted by atomic mass is 10.1. The number of benzene rings is 2. The maximum atomic E-state index is 12.0. The molecule has 23 heavy (non-hydrogen) atoms. The molecule has 4 heteroatoms. The van der Waals surface area contributed by atoms with Crippen molar-refractivity contribution in [3.05, 3.63) is 58.7 Å². The highest BCUT2D eigenvalue weighted by Gasteiger charge is 2.11. The first kappa shape index (κ1) is 16.7. The van der Waals surface area contributed by atoms with Crippen LogP contribution in [0.2, 0.25) is 0 Å². The molecule has 2 N–H and O–H groups in total. The van der Waals surface area contributed by atoms with E-state index >= 15 is 0 Å². The van der Waals surface area contributed by atoms with Crippen LogP contribution in [0.5, 0.6) is 0 Å². The Hall–Kier alpha value is -2.62. The summed E-state index contributed by atoms with van der Waals surface area (Å²) in [4.78, 5) is 24.0. The molecule has 0 fully saturated rings. The normalized spacial score (nSPS) is 10.3. The van der Waals surface area contributed by atoms with Gasteiger partial charge in [0.05, 0.1) is 0 Å². The van der Waals surface area contributed by atoms with Crippen molar-refractivity contribution < 1.29 is 9.59 Å². The smallest absolute Gasteiger partial charge is 0.233 e. The SMILES string of the molecule is Cc1ccc(NC(=O)CC(=O)Nc2ccc(C)c(C)c2)c(C)c1. The monoisotopic (exact) mass is 310 g/mol. The summed E-state index contributed by atoms with van der Waals surface area (Å²) in [6.07, 6.45) is -0.208. The number of carbonyl (C=O) groups is 2. The quantitative estimate of drug-likeness (QED) is 0.842. The van der Waals surface area contributed by atoms with Crippen molar-refractivity contribution in [1.82, 2.24) is 0 Å². The first-order valence-electron chi connectivity index (χ1n) is 7.59. The van der Waals surface area contributed by atoms with Crippen molar-refractivity contribution in [2.45, 2.75) is 34.1 Å². The van der Waals surface area contributed by atoms with Crippen LogP contribution in [-0.4, -0.2) is 11.8 Å². The maximum absolute atomic E-state index is 12.0. The minimum atomic E-state index is -0.324. The standard InChI is InChI=1S/C19H22N2O2/c1-12-5-8-17(15(4)9-12)21-19(23)11-18(22)20-16-7-6-13(2)14(3)10-16/h5-10H,11H2,1-4H3,(H,20,22)(H,21,23). The van der Waals surface area contributed by atoms with Gasteiger partial charge in [-0.2, -0.15) is 0 Å². The molecular formula is C19H22N2O2. The van der Waals surface area contributed by atoms with Gasteiger partial charge in [-0.15, -0.1) is 0 Å². The average Bonchev–Trinajstić information content (AvgIpc) is 2.46. The number of hydrogen-bond acceptors (Lipinski definition) is 2. The van der Waals surface area contributed by atoms with Gasteiger partial charge in [-0.1, -0.05) is 23.8 Å². The summed E-state index contributed by atoms with van der Waals surface area (Å²) in [5, 5.41) is 5.53. The van der Waals surface area contributed by atoms with E-state index in [1.165, 1.54) is 0 Å². The van der Waals surface area contributed by atoms with E-state index in [1.807, 2.05) is 64.1 Å². The predicted octanol–water partition coefficient (Wildman–Crippen LogP) is 3.89. The van der Waals surface area contributed by atoms with Crippen molar-refractivity contribution in [2.24, 2.45) is 0 Å². The van der Waals surface area contributed by atoms with E-state index in [0.717, 1.165) is 27.9 Å². The van der Waals surface area contributed by atoms with Crippen molar-refractivity contribution in [3.8, 4) is 0 Å². The highest BCUT2D eigenvalue weighted by molar-refractivity contribution is 6.08. The van der Waals surface area contributed by atoms with Crippen LogP contribution in [0.4, 0.5) is 11.4 Å². The molecule has 2 amide bonds. The zero-order chi connectivity index (χ0) is 17.0. The molecule has 0 saturated carbocycles. The molecule has 0 aliphatic heterocycles. The van der Waals surface area contributed by atoms with E-state index in [9.17, 15) is 9.59 Å². The largest absolute Gasteiger partial charge is 0.326 e. The third-order valence-corrected chi connectivity index (χ3v) is 3.77. The molecule has 0 radical (unpaired) electrons. The summed E-state index contributed by atoms with van der Waals surface area (Å²) in [5.74, 6) is -0.645. The molecule has 0 bridgehead atoms. The lowest BCUT2D eigenvalue weighted by Crippen LogP contribution is -2.21. The first-order valence-corrected chi connectivity index (χ1v) is 7.59. The summed E-state index contributed by atoms with van der Waals surface area (Å²) < 4.78 is 0. The Morgan fingerprint density at radius 2 is 1.48 bits per heavy atom. The van der Waals surface area contributed by atoms with Crippen LogP contribution >= 0.6 is 0 Å². The minimum absolute atomic E-state index is 0.208. The zero-order valence-corrected chi connectivity index (χ0v) is 14.0. The lowest BCUT2D eigenvalue weighted by Gasteiger charge is -2.10. The van der Waals surface area contributed by atoms with Gasteiger partial charge < -0.3 is 10.6 Å². The van der Waals surface area contributed by atoms with Crippen molar-refractivity contribution in [1.29, 1.82) is 0 Å². The van der Waals surface area contributed by atoms with Crippen LogP contribution in [0.15, 0.2) is 36.4 Å². The molecule has 2 rings (SSSR count). The van der Waals surface area contributed by atoms with Gasteiger partial charge in [-0.05, 0) is 62.6 Å². The van der Waals surface area contributed by atoms with E-state index in [2.05, 4.69) is 10.6 Å². The Bertz CT molecular complexity index is 751. The number of carbonyl (C=O) groups excluding carboxylic acids is 2. The summed E-state index contributed by atoms with van der Waals surface area (Å²) in [6, 6.07) is 11.4. The zero-order valence-electron chi connectivity index (χ0n) is 14.0. The van der Waals surface area contributed by atoms with Gasteiger partial charge in [0.1, 0.15) is 6.42 Å². The van der Waals surface area contributed by atoms with E-state index in [-0.39, 0.29) is 18.2 Å². The average molecular weight is 310 g/mol. The van der Waals surface area contributed by atoms with Crippen molar-refractivity contribution >= 4 is 23.2 Å². The third kappa shape index (κ3) is 4.68. The van der Waals surface area contributed by atoms with Gasteiger partial charge in [0.25, 0.3) is 0 Å². The second-order valence-corrected chi connectivity index (χ2v) is 5.89. The summed E-state index contributed by atoms with van der Waals surface area (Å²) >= 11 is 0. The van der Waals surface area contributed by atoms with Crippen LogP contribution in [-0.2, 0) is 9.59 Å². The van der Waals surface area contributed by atoms with E-state index in [0.29, 0.717) is 5.69 Å². The molecule has 0 aliphatic carbocycles. The number of nitrogens with one attached hydrogen (secondary N) is 2. The molecule has 2 aromatic carbocycles. The predicted molar refractivity (Wildman–Crippen MR) is 93.7 cm³/mol. The van der Waals surface area contributed by atoms with E-state index < -0.39 is 0 Å². The third-order valence-electron chi connectivity index (χ3n) is 3.77. The second kappa shape index (κ2) is 7.09. The van der Waals surface area contributed by atoms with E-state index in [4.69, 9.17) is 0 Å². The lowest BCUT2D eigenvalue weighted by molar-refractivity contribution is -0.123. The molecule has 0 saturated heterocycles. The Labute approximate surface area is 136 Å². The molecule has 0 aliphatic rings. The molecule has 0 unspecified atom stereocenters. The Balaban J connectivity index is 1.94. The Kier molecular flexibility index (Phi) is 5.16. The van der Waals surface area contributed by atoms with Gasteiger partial charge >= 0.3 is 0 Å². The minimum Gasteiger partial charge on any atom is -0.326 e. The van der Waals surface area contributed by atoms with Crippen LogP contribution in [0.25, 0.3) is 0 Å². The molecule has 4 nitrogen and oxygen atoms in total. The molecular weight excluding hydrogens is 288 g/mol. The molecule has 120 valence electrons. The number of aryl methyl sites for hydroxylation is 4. The van der Waals surface area contributed by atoms with Crippen LogP contribution in [0.3, 0.4) is 0 Å². The topological polar surface area (TPSA) is 58.2 Å². The Morgan fingerprint density at radius 1 is 0.783 bits per heavy atom. The van der Waals surface area contributed by atoms with Crippen molar-refractivity contribution in [3.63, 3.8) is 0 Å². The van der Waals surface area contributed by atoms with Gasteiger partial charge in [-0.25, -0.2) is 0 Å². The van der Waals surface area contributed by atoms with Gasteiger partial charge in [0.15, 0.2) is 0 Å². The summed E-state index contributed by atoms with van der Waals surface area (Å²) in [5.41, 5.74) is 5.82. The van der Waals surface area contributed by atoms with Gasteiger partial charge in [0.2, 0.25) is 11.8 Å². The summed E-state index contributed by atoms with van der Waals surface area (Å²) in [6.45, 7) is 7.92. The molecule has 0 aromatic heterocycles. The van der Waals surface area contributed by atoms with Crippen LogP contribution in [0, 0.1) is 27.7 Å². The molecule has 0 atom stereocenters. The second-order valence-electron chi connectivity index (χ2n) is 5.89. The van der Waals surface area contributed by atoms with Crippen LogP contribution < -0.4 is 10.6 Å². The van der Waals surface area contributed by atoms with Gasteiger partial charge in [-0.3, -0.25) is 9.59 Å². The number of amides is 2. The Morgan fingerprint density at radius 3 is 2.13 bits per heavy atom. The highest BCUT2D eigenvalue weighted by atomic mass is 16.2. The van der Waals surface area contributed by atoms with Crippen LogP contribution in [0.1, 0.15) is 28.7 Å². The number of rotatable bonds is 4. The molecule has 0 spiro atoms. The fourth-order valence-corrected chi connectivity index (χ4v) is 2.32. The molecule has 0 heterocycles. The van der Waals surface area contributed by atoms with E-state index in [1.54, 1.807) is 0 Å². The molecule has 2 aromatic rings. The fourth-order valence-electron chi connectivity index (χ4n) is 2.32. The fraction of sp³-hybridized carbons (Fsp3) is 0.263. The number of hydrogen-bond donors (Lipinski definition) is 2. The summed E-state index contributed by atoms with van der Waals surface area (Å²) in [7, 11) is 0. The van der Waals surface area contributed by atoms with Crippen molar-refractivity contribution in [2.75, 3.05) is 10.6 Å². The highest BCUT2D eigenvalue weighted by Crippen LogP contribution is 2.17. The number of anilines is 2. The van der Waals surface area contributed by atoms with Gasteiger partial charge in [0, 0.05) is 11.4 Å². The first-order chi connectivity index (χ1) is 10.8.